The SMILES string of the molecule is COc1ccc(N2CCN(C(=O)C3CCCN3S(=O)(=O)c3c(C)cc(C)cc3C)CC2)cc1. The van der Waals surface area contributed by atoms with Crippen molar-refractivity contribution in [1.82, 2.24) is 9.21 Å². The number of amides is 1. The van der Waals surface area contributed by atoms with Crippen LogP contribution in [-0.2, 0) is 14.8 Å². The van der Waals surface area contributed by atoms with Crippen molar-refractivity contribution in [3.05, 3.63) is 53.1 Å². The Morgan fingerprint density at radius 1 is 0.939 bits per heavy atom. The number of aryl methyl sites for hydroxylation is 3. The molecule has 0 N–H and O–H groups in total. The summed E-state index contributed by atoms with van der Waals surface area (Å²) in [6, 6.07) is 11.1. The third-order valence-electron chi connectivity index (χ3n) is 6.69. The lowest BCUT2D eigenvalue weighted by Crippen LogP contribution is -2.54. The number of benzene rings is 2. The van der Waals surface area contributed by atoms with Crippen molar-refractivity contribution in [2.75, 3.05) is 44.7 Å². The maximum Gasteiger partial charge on any atom is 0.244 e. The highest BCUT2D eigenvalue weighted by atomic mass is 32.2. The van der Waals surface area contributed by atoms with Crippen LogP contribution in [0.3, 0.4) is 0 Å². The summed E-state index contributed by atoms with van der Waals surface area (Å²) in [6.45, 7) is 8.61. The molecule has 0 spiro atoms. The fourth-order valence-corrected chi connectivity index (χ4v) is 7.22. The van der Waals surface area contributed by atoms with Gasteiger partial charge in [0.15, 0.2) is 0 Å². The maximum atomic E-state index is 13.6. The Morgan fingerprint density at radius 2 is 1.55 bits per heavy atom. The monoisotopic (exact) mass is 471 g/mol. The van der Waals surface area contributed by atoms with Crippen molar-refractivity contribution in [3.63, 3.8) is 0 Å². The minimum absolute atomic E-state index is 0.0760. The van der Waals surface area contributed by atoms with E-state index < -0.39 is 16.1 Å². The Morgan fingerprint density at radius 3 is 2.12 bits per heavy atom. The lowest BCUT2D eigenvalue weighted by molar-refractivity contribution is -0.134. The number of hydrogen-bond donors (Lipinski definition) is 0. The van der Waals surface area contributed by atoms with Crippen molar-refractivity contribution in [1.29, 1.82) is 0 Å². The largest absolute Gasteiger partial charge is 0.497 e. The summed E-state index contributed by atoms with van der Waals surface area (Å²) in [5, 5.41) is 0. The molecule has 2 fully saturated rings. The molecule has 2 aliphatic heterocycles. The van der Waals surface area contributed by atoms with Crippen LogP contribution in [0.4, 0.5) is 5.69 Å². The van der Waals surface area contributed by atoms with Gasteiger partial charge in [0, 0.05) is 38.4 Å². The molecule has 178 valence electrons. The van der Waals surface area contributed by atoms with E-state index in [0.717, 1.165) is 28.1 Å². The van der Waals surface area contributed by atoms with E-state index in [1.54, 1.807) is 7.11 Å². The quantitative estimate of drug-likeness (QED) is 0.670. The number of carbonyl (C=O) groups excluding carboxylic acids is 1. The Kier molecular flexibility index (Phi) is 6.68. The van der Waals surface area contributed by atoms with Gasteiger partial charge in [-0.15, -0.1) is 0 Å². The Balaban J connectivity index is 1.47. The minimum Gasteiger partial charge on any atom is -0.497 e. The molecule has 33 heavy (non-hydrogen) atoms. The summed E-state index contributed by atoms with van der Waals surface area (Å²) >= 11 is 0. The summed E-state index contributed by atoms with van der Waals surface area (Å²) in [4.78, 5) is 17.8. The number of hydrogen-bond acceptors (Lipinski definition) is 5. The van der Waals surface area contributed by atoms with Crippen LogP contribution in [0.5, 0.6) is 5.75 Å². The smallest absolute Gasteiger partial charge is 0.244 e. The van der Waals surface area contributed by atoms with Crippen LogP contribution >= 0.6 is 0 Å². The van der Waals surface area contributed by atoms with E-state index in [0.29, 0.717) is 50.5 Å². The Labute approximate surface area is 197 Å². The molecule has 2 saturated heterocycles. The first-order valence-corrected chi connectivity index (χ1v) is 12.9. The predicted molar refractivity (Wildman–Crippen MR) is 129 cm³/mol. The highest BCUT2D eigenvalue weighted by Gasteiger charge is 2.42. The van der Waals surface area contributed by atoms with Crippen LogP contribution < -0.4 is 9.64 Å². The molecule has 7 nitrogen and oxygen atoms in total. The van der Waals surface area contributed by atoms with E-state index >= 15 is 0 Å². The zero-order valence-corrected chi connectivity index (χ0v) is 20.7. The number of piperazine rings is 1. The maximum absolute atomic E-state index is 13.6. The minimum atomic E-state index is -3.75. The molecule has 4 rings (SSSR count). The van der Waals surface area contributed by atoms with E-state index in [-0.39, 0.29) is 5.91 Å². The van der Waals surface area contributed by atoms with Gasteiger partial charge in [0.25, 0.3) is 0 Å². The molecule has 2 aromatic rings. The van der Waals surface area contributed by atoms with Gasteiger partial charge in [-0.05, 0) is 69.0 Å². The Bertz CT molecular complexity index is 1100. The van der Waals surface area contributed by atoms with Gasteiger partial charge in [-0.1, -0.05) is 17.7 Å². The molecule has 0 aliphatic carbocycles. The van der Waals surface area contributed by atoms with Gasteiger partial charge in [0.05, 0.1) is 12.0 Å². The molecule has 2 heterocycles. The van der Waals surface area contributed by atoms with Crippen molar-refractivity contribution in [2.24, 2.45) is 0 Å². The van der Waals surface area contributed by atoms with Gasteiger partial charge in [-0.3, -0.25) is 4.79 Å². The predicted octanol–water partition coefficient (Wildman–Crippen LogP) is 3.12. The number of nitrogens with zero attached hydrogens (tertiary/aromatic N) is 3. The summed E-state index contributed by atoms with van der Waals surface area (Å²) < 4.78 is 33.9. The molecule has 8 heteroatoms. The van der Waals surface area contributed by atoms with Gasteiger partial charge < -0.3 is 14.5 Å². The summed E-state index contributed by atoms with van der Waals surface area (Å²) in [5.74, 6) is 0.738. The molecule has 0 radical (unpaired) electrons. The fraction of sp³-hybridized carbons (Fsp3) is 0.480. The number of methoxy groups -OCH3 is 1. The third-order valence-corrected chi connectivity index (χ3v) is 8.90. The number of rotatable bonds is 5. The van der Waals surface area contributed by atoms with Crippen LogP contribution in [0.1, 0.15) is 29.5 Å². The molecular formula is C25H33N3O4S. The average molecular weight is 472 g/mol. The van der Waals surface area contributed by atoms with Gasteiger partial charge >= 0.3 is 0 Å². The lowest BCUT2D eigenvalue weighted by atomic mass is 10.1. The zero-order valence-electron chi connectivity index (χ0n) is 19.9. The van der Waals surface area contributed by atoms with E-state index in [4.69, 9.17) is 4.74 Å². The van der Waals surface area contributed by atoms with Crippen molar-refractivity contribution in [2.45, 2.75) is 44.6 Å². The van der Waals surface area contributed by atoms with Crippen LogP contribution in [0.15, 0.2) is 41.3 Å². The van der Waals surface area contributed by atoms with Gasteiger partial charge in [-0.2, -0.15) is 4.31 Å². The highest BCUT2D eigenvalue weighted by molar-refractivity contribution is 7.89. The Hall–Kier alpha value is -2.58. The van der Waals surface area contributed by atoms with Crippen molar-refractivity contribution < 1.29 is 17.9 Å². The second-order valence-electron chi connectivity index (χ2n) is 9.01. The fourth-order valence-electron chi connectivity index (χ4n) is 5.15. The molecule has 0 aromatic heterocycles. The van der Waals surface area contributed by atoms with Gasteiger partial charge in [0.1, 0.15) is 11.8 Å². The van der Waals surface area contributed by atoms with E-state index in [1.165, 1.54) is 4.31 Å². The summed E-state index contributed by atoms with van der Waals surface area (Å²) in [6.07, 6.45) is 1.27. The summed E-state index contributed by atoms with van der Waals surface area (Å²) in [5.41, 5.74) is 3.60. The van der Waals surface area contributed by atoms with Crippen molar-refractivity contribution >= 4 is 21.6 Å². The zero-order chi connectivity index (χ0) is 23.8. The normalized spacial score (nSPS) is 19.7. The highest BCUT2D eigenvalue weighted by Crippen LogP contribution is 2.32. The van der Waals surface area contributed by atoms with Gasteiger partial charge in [0.2, 0.25) is 15.9 Å². The first-order chi connectivity index (χ1) is 15.7. The molecule has 2 aromatic carbocycles. The topological polar surface area (TPSA) is 70.2 Å². The molecule has 1 atom stereocenters. The second kappa shape index (κ2) is 9.35. The number of anilines is 1. The first kappa shape index (κ1) is 23.6. The first-order valence-electron chi connectivity index (χ1n) is 11.5. The molecule has 0 saturated carbocycles. The second-order valence-corrected chi connectivity index (χ2v) is 10.8. The van der Waals surface area contributed by atoms with Gasteiger partial charge in [-0.25, -0.2) is 8.42 Å². The molecule has 2 aliphatic rings. The van der Waals surface area contributed by atoms with E-state index in [1.807, 2.05) is 62.1 Å². The standard InChI is InChI=1S/C25H33N3O4S/c1-18-16-19(2)24(20(3)17-18)33(30,31)28-11-5-6-23(28)25(29)27-14-12-26(13-15-27)21-7-9-22(32-4)10-8-21/h7-10,16-17,23H,5-6,11-15H2,1-4H3. The lowest BCUT2D eigenvalue weighted by Gasteiger charge is -2.38. The van der Waals surface area contributed by atoms with E-state index in [2.05, 4.69) is 4.90 Å². The molecule has 0 bridgehead atoms. The molecular weight excluding hydrogens is 438 g/mol. The average Bonchev–Trinajstić information content (AvgIpc) is 3.29. The molecule has 1 unspecified atom stereocenters. The number of sulfonamides is 1. The van der Waals surface area contributed by atoms with Crippen LogP contribution in [0.25, 0.3) is 0 Å². The number of carbonyl (C=O) groups is 1. The number of ether oxygens (including phenoxy) is 1. The van der Waals surface area contributed by atoms with Crippen LogP contribution in [0.2, 0.25) is 0 Å². The molecule has 1 amide bonds. The van der Waals surface area contributed by atoms with Crippen molar-refractivity contribution in [3.8, 4) is 5.75 Å². The summed E-state index contributed by atoms with van der Waals surface area (Å²) in [7, 11) is -2.10. The van der Waals surface area contributed by atoms with Crippen LogP contribution in [0, 0.1) is 20.8 Å². The third kappa shape index (κ3) is 4.59. The van der Waals surface area contributed by atoms with Crippen LogP contribution in [-0.4, -0.2) is 69.4 Å². The van der Waals surface area contributed by atoms with E-state index in [9.17, 15) is 13.2 Å².